The highest BCUT2D eigenvalue weighted by atomic mass is 16.4. The van der Waals surface area contributed by atoms with Crippen LogP contribution in [-0.4, -0.2) is 55.8 Å². The topological polar surface area (TPSA) is 129 Å². The molecule has 2 unspecified atom stereocenters. The fourth-order valence-electron chi connectivity index (χ4n) is 8.01. The van der Waals surface area contributed by atoms with Gasteiger partial charge in [0.15, 0.2) is 17.3 Å². The molecule has 314 valence electrons. The molecule has 0 radical (unpaired) electrons. The van der Waals surface area contributed by atoms with Crippen LogP contribution in [-0.2, 0) is 19.2 Å². The Morgan fingerprint density at radius 1 is 0.556 bits per heavy atom. The average molecular weight is 761 g/mol. The summed E-state index contributed by atoms with van der Waals surface area (Å²) in [6.07, 6.45) is 39.6. The van der Waals surface area contributed by atoms with Crippen LogP contribution in [0.1, 0.15) is 245 Å². The predicted octanol–water partition coefficient (Wildman–Crippen LogP) is 11.7. The maximum Gasteiger partial charge on any atom is 0.231 e. The molecule has 1 fully saturated rings. The molecule has 0 heterocycles. The molecule has 0 spiro atoms. The highest BCUT2D eigenvalue weighted by molar-refractivity contribution is 6.30. The van der Waals surface area contributed by atoms with Crippen LogP contribution in [0.15, 0.2) is 12.2 Å². The van der Waals surface area contributed by atoms with Gasteiger partial charge >= 0.3 is 0 Å². The fraction of sp³-hybridized carbons (Fsp3) is 0.872. The molecular weight excluding hydrogens is 677 g/mol. The van der Waals surface area contributed by atoms with Crippen LogP contribution < -0.4 is 0 Å². The lowest BCUT2D eigenvalue weighted by molar-refractivity contribution is -0.188. The minimum absolute atomic E-state index is 0.0195. The second kappa shape index (κ2) is 32.4. The maximum absolute atomic E-state index is 13.5. The zero-order chi connectivity index (χ0) is 39.8. The van der Waals surface area contributed by atoms with Gasteiger partial charge in [-0.15, -0.1) is 0 Å². The van der Waals surface area contributed by atoms with E-state index in [1.54, 1.807) is 0 Å². The van der Waals surface area contributed by atoms with Crippen LogP contribution in [0.25, 0.3) is 0 Å². The summed E-state index contributed by atoms with van der Waals surface area (Å²) in [5, 5.41) is 33.4. The molecule has 1 aliphatic carbocycles. The largest absolute Gasteiger partial charge is 0.385 e. The van der Waals surface area contributed by atoms with Gasteiger partial charge in [0, 0.05) is 12.8 Å². The number of hydrogen-bond donors (Lipinski definition) is 3. The summed E-state index contributed by atoms with van der Waals surface area (Å²) in [6.45, 7) is 4.51. The van der Waals surface area contributed by atoms with Crippen molar-refractivity contribution in [1.29, 1.82) is 0 Å². The number of ketones is 4. The monoisotopic (exact) mass is 761 g/mol. The molecule has 7 heteroatoms. The van der Waals surface area contributed by atoms with Crippen LogP contribution in [0.5, 0.6) is 0 Å². The van der Waals surface area contributed by atoms with E-state index in [1.165, 1.54) is 160 Å². The first-order valence-electron chi connectivity index (χ1n) is 23.1. The maximum atomic E-state index is 13.5. The van der Waals surface area contributed by atoms with E-state index in [0.717, 1.165) is 51.0 Å². The lowest BCUT2D eigenvalue weighted by Crippen LogP contribution is -2.70. The number of aliphatic hydroxyl groups excluding tert-OH is 1. The second-order valence-electron chi connectivity index (χ2n) is 16.6. The number of carbonyl (C=O) groups is 4. The summed E-state index contributed by atoms with van der Waals surface area (Å²) < 4.78 is 0. The minimum Gasteiger partial charge on any atom is -0.385 e. The summed E-state index contributed by atoms with van der Waals surface area (Å²) in [5.41, 5.74) is -6.51. The number of Topliss-reactive ketones (excluding diaryl/α,β-unsaturated/α-hetero) is 3. The molecular formula is C47H84O7. The Labute approximate surface area is 331 Å². The molecule has 0 aromatic heterocycles. The van der Waals surface area contributed by atoms with E-state index < -0.39 is 40.4 Å². The first-order chi connectivity index (χ1) is 26.2. The fourth-order valence-corrected chi connectivity index (χ4v) is 8.01. The van der Waals surface area contributed by atoms with Crippen molar-refractivity contribution in [2.75, 3.05) is 0 Å². The molecule has 0 aliphatic heterocycles. The number of carbonyl (C=O) groups excluding carboxylic acids is 4. The second-order valence-corrected chi connectivity index (χ2v) is 16.6. The highest BCUT2D eigenvalue weighted by Crippen LogP contribution is 2.36. The Balaban J connectivity index is 2.34. The summed E-state index contributed by atoms with van der Waals surface area (Å²) in [7, 11) is 0. The van der Waals surface area contributed by atoms with Crippen LogP contribution >= 0.6 is 0 Å². The van der Waals surface area contributed by atoms with Gasteiger partial charge in [-0.2, -0.15) is 0 Å². The van der Waals surface area contributed by atoms with Gasteiger partial charge in [-0.1, -0.05) is 219 Å². The molecule has 1 saturated carbocycles. The smallest absolute Gasteiger partial charge is 0.231 e. The Morgan fingerprint density at radius 3 is 1.19 bits per heavy atom. The van der Waals surface area contributed by atoms with Crippen molar-refractivity contribution in [3.63, 3.8) is 0 Å². The summed E-state index contributed by atoms with van der Waals surface area (Å²) in [6, 6.07) is 0. The molecule has 1 aliphatic rings. The number of allylic oxidation sites excluding steroid dienone is 1. The van der Waals surface area contributed by atoms with E-state index in [1.807, 2.05) is 0 Å². The minimum atomic E-state index is -3.34. The van der Waals surface area contributed by atoms with E-state index in [0.29, 0.717) is 12.8 Å². The molecule has 0 bridgehead atoms. The van der Waals surface area contributed by atoms with Gasteiger partial charge in [-0.25, -0.2) is 0 Å². The summed E-state index contributed by atoms with van der Waals surface area (Å²) in [5.74, 6) is -4.71. The van der Waals surface area contributed by atoms with Crippen molar-refractivity contribution in [2.24, 2.45) is 0 Å². The Bertz CT molecular complexity index is 1000. The molecule has 0 aromatic carbocycles. The van der Waals surface area contributed by atoms with E-state index in [4.69, 9.17) is 0 Å². The lowest BCUT2D eigenvalue weighted by atomic mass is 9.72. The van der Waals surface area contributed by atoms with Gasteiger partial charge in [0.25, 0.3) is 0 Å². The standard InChI is InChI=1S/C47H84O7/c1-3-5-7-9-11-13-15-17-19-21-23-25-27-29-31-33-35-37-41(48)45(52)47(54,46(53)43(50)39-40-44(46)51)42(49)38-36-34-32-30-28-26-24-22-20-18-16-14-12-10-8-6-4-2/h36,38,41,48,53-54H,3-35,37,39-40H2,1-2H3. The van der Waals surface area contributed by atoms with Crippen molar-refractivity contribution in [1.82, 2.24) is 0 Å². The van der Waals surface area contributed by atoms with Gasteiger partial charge in [0.2, 0.25) is 17.0 Å². The van der Waals surface area contributed by atoms with Gasteiger partial charge < -0.3 is 15.3 Å². The average Bonchev–Trinajstić information content (AvgIpc) is 3.44. The van der Waals surface area contributed by atoms with Crippen LogP contribution in [0.2, 0.25) is 0 Å². The van der Waals surface area contributed by atoms with Crippen molar-refractivity contribution >= 4 is 23.1 Å². The Kier molecular flexibility index (Phi) is 30.2. The molecule has 2 atom stereocenters. The van der Waals surface area contributed by atoms with E-state index in [-0.39, 0.29) is 19.3 Å². The van der Waals surface area contributed by atoms with E-state index in [9.17, 15) is 34.5 Å². The van der Waals surface area contributed by atoms with Gasteiger partial charge in [-0.3, -0.25) is 19.2 Å². The third kappa shape index (κ3) is 19.9. The SMILES string of the molecule is CCCCCCCCCCCCCCCCCC=CC(=O)C(O)(C(=O)C(O)CCCCCCCCCCCCCCCCCCC)C1(O)C(=O)CCC1=O. The van der Waals surface area contributed by atoms with Crippen LogP contribution in [0, 0.1) is 0 Å². The van der Waals surface area contributed by atoms with Gasteiger partial charge in [0.1, 0.15) is 6.10 Å². The number of aliphatic hydroxyl groups is 3. The first kappa shape index (κ1) is 50.3. The molecule has 7 nitrogen and oxygen atoms in total. The van der Waals surface area contributed by atoms with E-state index >= 15 is 0 Å². The third-order valence-electron chi connectivity index (χ3n) is 11.8. The Hall–Kier alpha value is -1.70. The highest BCUT2D eigenvalue weighted by Gasteiger charge is 2.69. The summed E-state index contributed by atoms with van der Waals surface area (Å²) in [4.78, 5) is 52.2. The molecule has 0 amide bonds. The quantitative estimate of drug-likeness (QED) is 0.0323. The van der Waals surface area contributed by atoms with E-state index in [2.05, 4.69) is 13.8 Å². The first-order valence-corrected chi connectivity index (χ1v) is 23.1. The molecule has 0 aromatic rings. The molecule has 3 N–H and O–H groups in total. The van der Waals surface area contributed by atoms with Crippen LogP contribution in [0.4, 0.5) is 0 Å². The van der Waals surface area contributed by atoms with Gasteiger partial charge in [-0.05, 0) is 25.3 Å². The van der Waals surface area contributed by atoms with Gasteiger partial charge in [0.05, 0.1) is 0 Å². The van der Waals surface area contributed by atoms with Crippen molar-refractivity contribution in [2.45, 2.75) is 262 Å². The zero-order valence-corrected chi connectivity index (χ0v) is 35.2. The van der Waals surface area contributed by atoms with Crippen molar-refractivity contribution in [3.8, 4) is 0 Å². The molecule has 1 rings (SSSR count). The summed E-state index contributed by atoms with van der Waals surface area (Å²) >= 11 is 0. The van der Waals surface area contributed by atoms with Crippen LogP contribution in [0.3, 0.4) is 0 Å². The predicted molar refractivity (Wildman–Crippen MR) is 223 cm³/mol. The zero-order valence-electron chi connectivity index (χ0n) is 35.2. The number of rotatable bonds is 39. The number of unbranched alkanes of at least 4 members (excludes halogenated alkanes) is 31. The van der Waals surface area contributed by atoms with Crippen molar-refractivity contribution in [3.05, 3.63) is 12.2 Å². The normalized spacial score (nSPS) is 16.0. The molecule has 54 heavy (non-hydrogen) atoms. The van der Waals surface area contributed by atoms with Crippen molar-refractivity contribution < 1.29 is 34.5 Å². The lowest BCUT2D eigenvalue weighted by Gasteiger charge is -2.36. The Morgan fingerprint density at radius 2 is 0.852 bits per heavy atom. The number of hydrogen-bond acceptors (Lipinski definition) is 7. The third-order valence-corrected chi connectivity index (χ3v) is 11.8. The molecule has 0 saturated heterocycles.